The first-order valence-corrected chi connectivity index (χ1v) is 12.8. The Balaban J connectivity index is 0.00000274. The third-order valence-corrected chi connectivity index (χ3v) is 8.62. The molecular formula is C27H38BrN3O3. The van der Waals surface area contributed by atoms with Gasteiger partial charge >= 0.3 is 0 Å². The first-order valence-electron chi connectivity index (χ1n) is 12.0. The summed E-state index contributed by atoms with van der Waals surface area (Å²) in [6, 6.07) is 8.01. The van der Waals surface area contributed by atoms with Crippen molar-refractivity contribution in [2.24, 2.45) is 11.3 Å². The third-order valence-electron chi connectivity index (χ3n) is 8.12. The minimum Gasteiger partial charge on any atom is -0.390 e. The number of aromatic nitrogens is 2. The van der Waals surface area contributed by atoms with Crippen molar-refractivity contribution in [1.82, 2.24) is 10.1 Å². The van der Waals surface area contributed by atoms with Gasteiger partial charge < -0.3 is 14.5 Å². The maximum Gasteiger partial charge on any atom is 0.232 e. The van der Waals surface area contributed by atoms with Crippen LogP contribution in [0.4, 0.5) is 5.69 Å². The lowest BCUT2D eigenvalue weighted by atomic mass is 9.71. The lowest BCUT2D eigenvalue weighted by Crippen LogP contribution is -2.51. The molecule has 0 aliphatic heterocycles. The first-order chi connectivity index (χ1) is 15.4. The average Bonchev–Trinajstić information content (AvgIpc) is 3.43. The smallest absolute Gasteiger partial charge is 0.232 e. The van der Waals surface area contributed by atoms with Gasteiger partial charge in [-0.25, -0.2) is 0 Å². The number of rotatable bonds is 5. The number of aliphatic hydroxyl groups is 1. The van der Waals surface area contributed by atoms with Crippen LogP contribution < -0.4 is 4.90 Å². The standard InChI is InChI=1S/C26H34BrN3O3.CH4/c1-23(2,3)22-28-21(29-33-22)26-10-8-25(15-26,9-11-26)16-30(19-7-5-6-18(27)12-19)20(31)17-13-24(4,32)14-17;/h5-7,12,17,32H,8-11,13-16H2,1-4H3;1H4. The molecule has 0 radical (unpaired) electrons. The molecule has 3 aliphatic rings. The summed E-state index contributed by atoms with van der Waals surface area (Å²) in [5.41, 5.74) is 0.0610. The highest BCUT2D eigenvalue weighted by atomic mass is 79.9. The van der Waals surface area contributed by atoms with Crippen LogP contribution in [0, 0.1) is 11.3 Å². The van der Waals surface area contributed by atoms with E-state index in [4.69, 9.17) is 9.51 Å². The molecule has 5 rings (SSSR count). The van der Waals surface area contributed by atoms with Gasteiger partial charge in [0.25, 0.3) is 0 Å². The molecule has 3 saturated carbocycles. The number of carbonyl (C=O) groups excluding carboxylic acids is 1. The van der Waals surface area contributed by atoms with Gasteiger partial charge in [0.2, 0.25) is 11.8 Å². The molecular weight excluding hydrogens is 494 g/mol. The Morgan fingerprint density at radius 1 is 1.24 bits per heavy atom. The zero-order valence-corrected chi connectivity index (χ0v) is 21.6. The minimum atomic E-state index is -0.721. The number of carbonyl (C=O) groups is 1. The quantitative estimate of drug-likeness (QED) is 0.499. The Hall–Kier alpha value is -1.73. The van der Waals surface area contributed by atoms with Crippen LogP contribution >= 0.6 is 15.9 Å². The van der Waals surface area contributed by atoms with Gasteiger partial charge in [-0.3, -0.25) is 4.79 Å². The van der Waals surface area contributed by atoms with Crippen molar-refractivity contribution in [3.63, 3.8) is 0 Å². The van der Waals surface area contributed by atoms with Gasteiger partial charge in [-0.2, -0.15) is 4.98 Å². The van der Waals surface area contributed by atoms with Crippen molar-refractivity contribution < 1.29 is 14.4 Å². The van der Waals surface area contributed by atoms with Crippen molar-refractivity contribution in [3.8, 4) is 0 Å². The van der Waals surface area contributed by atoms with Crippen molar-refractivity contribution in [1.29, 1.82) is 0 Å². The van der Waals surface area contributed by atoms with Gasteiger partial charge in [0.1, 0.15) is 0 Å². The minimum absolute atomic E-state index is 0. The molecule has 3 fully saturated rings. The molecule has 0 saturated heterocycles. The highest BCUT2D eigenvalue weighted by Gasteiger charge is 2.58. The van der Waals surface area contributed by atoms with Crippen LogP contribution in [0.1, 0.15) is 91.8 Å². The topological polar surface area (TPSA) is 79.5 Å². The van der Waals surface area contributed by atoms with Crippen LogP contribution in [0.3, 0.4) is 0 Å². The largest absolute Gasteiger partial charge is 0.390 e. The molecule has 0 unspecified atom stereocenters. The van der Waals surface area contributed by atoms with Gasteiger partial charge in [0, 0.05) is 33.5 Å². The van der Waals surface area contributed by atoms with E-state index in [1.165, 1.54) is 0 Å². The van der Waals surface area contributed by atoms with Gasteiger partial charge in [-0.05, 0) is 75.5 Å². The average molecular weight is 533 g/mol. The molecule has 1 amide bonds. The molecule has 6 nitrogen and oxygen atoms in total. The van der Waals surface area contributed by atoms with E-state index < -0.39 is 5.60 Å². The van der Waals surface area contributed by atoms with Crippen LogP contribution in [0.5, 0.6) is 0 Å². The summed E-state index contributed by atoms with van der Waals surface area (Å²) in [6.07, 6.45) is 6.25. The SMILES string of the molecule is C.CC1(O)CC(C(=O)N(CC23CCC(c4noc(C(C)(C)C)n4)(CC2)C3)c2cccc(Br)c2)C1. The summed E-state index contributed by atoms with van der Waals surface area (Å²) >= 11 is 3.57. The molecule has 1 heterocycles. The molecule has 0 spiro atoms. The number of hydrogen-bond acceptors (Lipinski definition) is 5. The summed E-state index contributed by atoms with van der Waals surface area (Å²) < 4.78 is 6.60. The number of halogens is 1. The maximum atomic E-state index is 13.6. The Labute approximate surface area is 211 Å². The van der Waals surface area contributed by atoms with E-state index in [0.717, 1.165) is 48.1 Å². The molecule has 2 aromatic rings. The first kappa shape index (κ1) is 25.4. The van der Waals surface area contributed by atoms with E-state index in [1.54, 1.807) is 0 Å². The number of nitrogens with zero attached hydrogens (tertiary/aromatic N) is 3. The second-order valence-corrected chi connectivity index (χ2v) is 13.1. The molecule has 2 bridgehead atoms. The molecule has 3 aliphatic carbocycles. The Kier molecular flexibility index (Phi) is 6.30. The van der Waals surface area contributed by atoms with Crippen molar-refractivity contribution in [2.75, 3.05) is 11.4 Å². The van der Waals surface area contributed by atoms with Crippen molar-refractivity contribution in [3.05, 3.63) is 40.5 Å². The number of amides is 1. The van der Waals surface area contributed by atoms with Crippen LogP contribution in [0.15, 0.2) is 33.3 Å². The predicted molar refractivity (Wildman–Crippen MR) is 137 cm³/mol. The summed E-state index contributed by atoms with van der Waals surface area (Å²) in [5, 5.41) is 14.7. The number of anilines is 1. The molecule has 1 aromatic heterocycles. The summed E-state index contributed by atoms with van der Waals surface area (Å²) in [4.78, 5) is 20.4. The number of fused-ring (bicyclic) bond motifs is 2. The van der Waals surface area contributed by atoms with Gasteiger partial charge in [-0.1, -0.05) is 55.4 Å². The second kappa shape index (κ2) is 8.44. The van der Waals surface area contributed by atoms with Crippen molar-refractivity contribution in [2.45, 2.75) is 96.5 Å². The number of hydrogen-bond donors (Lipinski definition) is 1. The molecule has 34 heavy (non-hydrogen) atoms. The van der Waals surface area contributed by atoms with Gasteiger partial charge in [0.05, 0.1) is 5.60 Å². The molecule has 1 N–H and O–H groups in total. The van der Waals surface area contributed by atoms with Crippen molar-refractivity contribution >= 4 is 27.5 Å². The second-order valence-electron chi connectivity index (χ2n) is 12.1. The third kappa shape index (κ3) is 4.46. The molecule has 7 heteroatoms. The summed E-state index contributed by atoms with van der Waals surface area (Å²) in [5.74, 6) is 1.56. The lowest BCUT2D eigenvalue weighted by Gasteiger charge is -2.43. The summed E-state index contributed by atoms with van der Waals surface area (Å²) in [7, 11) is 0. The zero-order chi connectivity index (χ0) is 23.6. The fourth-order valence-electron chi connectivity index (χ4n) is 6.26. The fraction of sp³-hybridized carbons (Fsp3) is 0.667. The van der Waals surface area contributed by atoms with Gasteiger partial charge in [0.15, 0.2) is 5.82 Å². The number of benzene rings is 1. The van der Waals surface area contributed by atoms with Crippen LogP contribution in [-0.4, -0.2) is 33.3 Å². The van der Waals surface area contributed by atoms with E-state index in [-0.39, 0.29) is 35.5 Å². The maximum absolute atomic E-state index is 13.6. The predicted octanol–water partition coefficient (Wildman–Crippen LogP) is 6.16. The van der Waals surface area contributed by atoms with E-state index in [0.29, 0.717) is 25.3 Å². The van der Waals surface area contributed by atoms with Gasteiger partial charge in [-0.15, -0.1) is 0 Å². The summed E-state index contributed by atoms with van der Waals surface area (Å²) in [6.45, 7) is 8.79. The van der Waals surface area contributed by atoms with E-state index >= 15 is 0 Å². The molecule has 1 aromatic carbocycles. The van der Waals surface area contributed by atoms with Crippen LogP contribution in [0.2, 0.25) is 0 Å². The highest BCUT2D eigenvalue weighted by molar-refractivity contribution is 9.10. The molecule has 186 valence electrons. The Bertz CT molecular complexity index is 1060. The fourth-order valence-corrected chi connectivity index (χ4v) is 6.65. The lowest BCUT2D eigenvalue weighted by molar-refractivity contribution is -0.136. The molecule has 0 atom stereocenters. The van der Waals surface area contributed by atoms with Crippen LogP contribution in [-0.2, 0) is 15.6 Å². The zero-order valence-electron chi connectivity index (χ0n) is 20.0. The monoisotopic (exact) mass is 531 g/mol. The van der Waals surface area contributed by atoms with Crippen LogP contribution in [0.25, 0.3) is 0 Å². The Morgan fingerprint density at radius 3 is 2.47 bits per heavy atom. The van der Waals surface area contributed by atoms with E-state index in [9.17, 15) is 9.90 Å². The van der Waals surface area contributed by atoms with E-state index in [2.05, 4.69) is 41.9 Å². The Morgan fingerprint density at radius 2 is 1.91 bits per heavy atom. The highest BCUT2D eigenvalue weighted by Crippen LogP contribution is 2.62. The normalized spacial score (nSPS) is 32.2. The van der Waals surface area contributed by atoms with E-state index in [1.807, 2.05) is 36.1 Å².